The standard InChI is InChI=1S/C18H20N2O6S/c1-12-4-3-5-13(2)18(12)26-11-17(21)19-20-27(22,23)14-6-7-15-16(10-14)25-9-8-24-15/h3-7,10,20H,8-9,11H2,1-2H3,(H,19,21). The lowest BCUT2D eigenvalue weighted by Gasteiger charge is -2.19. The molecule has 0 saturated heterocycles. The molecule has 2 aromatic rings. The van der Waals surface area contributed by atoms with Crippen LogP contribution in [0.5, 0.6) is 17.2 Å². The van der Waals surface area contributed by atoms with Gasteiger partial charge in [-0.25, -0.2) is 8.42 Å². The third kappa shape index (κ3) is 4.50. The first-order valence-electron chi connectivity index (χ1n) is 8.26. The minimum absolute atomic E-state index is 0.0530. The maximum Gasteiger partial charge on any atom is 0.272 e. The number of amides is 1. The Morgan fingerprint density at radius 2 is 1.74 bits per heavy atom. The van der Waals surface area contributed by atoms with E-state index in [4.69, 9.17) is 14.2 Å². The predicted octanol–water partition coefficient (Wildman–Crippen LogP) is 1.46. The number of hydrogen-bond acceptors (Lipinski definition) is 6. The normalized spacial score (nSPS) is 13.1. The summed E-state index contributed by atoms with van der Waals surface area (Å²) in [6.07, 6.45) is 0. The number of aryl methyl sites for hydroxylation is 2. The average molecular weight is 392 g/mol. The number of carbonyl (C=O) groups is 1. The van der Waals surface area contributed by atoms with Gasteiger partial charge in [0.25, 0.3) is 15.9 Å². The number of sulfonamides is 1. The lowest BCUT2D eigenvalue weighted by molar-refractivity contribution is -0.123. The monoisotopic (exact) mass is 392 g/mol. The molecule has 3 rings (SSSR count). The number of nitrogens with one attached hydrogen (secondary N) is 2. The van der Waals surface area contributed by atoms with Crippen molar-refractivity contribution in [2.24, 2.45) is 0 Å². The number of hydrogen-bond donors (Lipinski definition) is 2. The van der Waals surface area contributed by atoms with Gasteiger partial charge in [-0.15, -0.1) is 4.83 Å². The van der Waals surface area contributed by atoms with Crippen LogP contribution in [0.15, 0.2) is 41.3 Å². The first kappa shape index (κ1) is 19.0. The minimum Gasteiger partial charge on any atom is -0.486 e. The van der Waals surface area contributed by atoms with Gasteiger partial charge in [-0.2, -0.15) is 0 Å². The number of para-hydroxylation sites is 1. The summed E-state index contributed by atoms with van der Waals surface area (Å²) < 4.78 is 40.9. The SMILES string of the molecule is Cc1cccc(C)c1OCC(=O)NNS(=O)(=O)c1ccc2c(c1)OCCO2. The number of ether oxygens (including phenoxy) is 3. The van der Waals surface area contributed by atoms with E-state index in [1.807, 2.05) is 36.9 Å². The van der Waals surface area contributed by atoms with E-state index in [2.05, 4.69) is 5.43 Å². The fraction of sp³-hybridized carbons (Fsp3) is 0.278. The molecule has 2 N–H and O–H groups in total. The molecule has 0 saturated carbocycles. The summed E-state index contributed by atoms with van der Waals surface area (Å²) in [5.41, 5.74) is 3.91. The van der Waals surface area contributed by atoms with E-state index in [1.165, 1.54) is 18.2 Å². The van der Waals surface area contributed by atoms with Crippen molar-refractivity contribution in [1.29, 1.82) is 0 Å². The molecule has 8 nitrogen and oxygen atoms in total. The van der Waals surface area contributed by atoms with Crippen molar-refractivity contribution >= 4 is 15.9 Å². The molecule has 0 radical (unpaired) electrons. The summed E-state index contributed by atoms with van der Waals surface area (Å²) in [6, 6.07) is 9.84. The van der Waals surface area contributed by atoms with Crippen LogP contribution in [-0.4, -0.2) is 34.1 Å². The van der Waals surface area contributed by atoms with Gasteiger partial charge in [-0.3, -0.25) is 10.2 Å². The lowest BCUT2D eigenvalue weighted by atomic mass is 10.1. The molecule has 27 heavy (non-hydrogen) atoms. The van der Waals surface area contributed by atoms with E-state index < -0.39 is 15.9 Å². The highest BCUT2D eigenvalue weighted by Gasteiger charge is 2.20. The number of benzene rings is 2. The number of carbonyl (C=O) groups excluding carboxylic acids is 1. The topological polar surface area (TPSA) is 103 Å². The fourth-order valence-corrected chi connectivity index (χ4v) is 3.45. The smallest absolute Gasteiger partial charge is 0.272 e. The molecule has 0 unspecified atom stereocenters. The maximum absolute atomic E-state index is 12.3. The van der Waals surface area contributed by atoms with Crippen molar-refractivity contribution in [1.82, 2.24) is 10.3 Å². The summed E-state index contributed by atoms with van der Waals surface area (Å²) in [5, 5.41) is 0. The molecule has 1 aliphatic heterocycles. The molecule has 0 bridgehead atoms. The Kier molecular flexibility index (Phi) is 5.52. The van der Waals surface area contributed by atoms with Crippen LogP contribution in [0.4, 0.5) is 0 Å². The predicted molar refractivity (Wildman–Crippen MR) is 97.3 cm³/mol. The number of fused-ring (bicyclic) bond motifs is 1. The molecule has 1 aliphatic rings. The third-order valence-electron chi connectivity index (χ3n) is 3.91. The highest BCUT2D eigenvalue weighted by atomic mass is 32.2. The van der Waals surface area contributed by atoms with E-state index in [9.17, 15) is 13.2 Å². The number of rotatable bonds is 6. The van der Waals surface area contributed by atoms with Gasteiger partial charge in [0.15, 0.2) is 18.1 Å². The molecule has 0 aromatic heterocycles. The first-order chi connectivity index (χ1) is 12.9. The van der Waals surface area contributed by atoms with Crippen LogP contribution in [0.25, 0.3) is 0 Å². The van der Waals surface area contributed by atoms with Gasteiger partial charge >= 0.3 is 0 Å². The van der Waals surface area contributed by atoms with Crippen molar-refractivity contribution in [2.75, 3.05) is 19.8 Å². The quantitative estimate of drug-likeness (QED) is 0.722. The third-order valence-corrected chi connectivity index (χ3v) is 5.15. The Bertz CT molecular complexity index is 938. The van der Waals surface area contributed by atoms with E-state index in [-0.39, 0.29) is 11.5 Å². The largest absolute Gasteiger partial charge is 0.486 e. The molecular weight excluding hydrogens is 372 g/mol. The molecule has 1 amide bonds. The van der Waals surface area contributed by atoms with Crippen LogP contribution in [0.3, 0.4) is 0 Å². The van der Waals surface area contributed by atoms with E-state index >= 15 is 0 Å². The fourth-order valence-electron chi connectivity index (χ4n) is 2.57. The summed E-state index contributed by atoms with van der Waals surface area (Å²) in [5.74, 6) is 0.793. The van der Waals surface area contributed by atoms with Crippen LogP contribution < -0.4 is 24.5 Å². The summed E-state index contributed by atoms with van der Waals surface area (Å²) in [7, 11) is -3.96. The Hall–Kier alpha value is -2.78. The maximum atomic E-state index is 12.3. The Morgan fingerprint density at radius 1 is 1.07 bits per heavy atom. The molecule has 144 valence electrons. The molecule has 9 heteroatoms. The van der Waals surface area contributed by atoms with Crippen molar-refractivity contribution in [2.45, 2.75) is 18.7 Å². The zero-order valence-corrected chi connectivity index (χ0v) is 15.8. The van der Waals surface area contributed by atoms with Gasteiger partial charge in [-0.05, 0) is 37.1 Å². The van der Waals surface area contributed by atoms with Gasteiger partial charge in [-0.1, -0.05) is 18.2 Å². The molecule has 0 aliphatic carbocycles. The van der Waals surface area contributed by atoms with E-state index in [1.54, 1.807) is 0 Å². The number of hydrazine groups is 1. The van der Waals surface area contributed by atoms with Gasteiger partial charge in [0, 0.05) is 6.07 Å². The van der Waals surface area contributed by atoms with Crippen LogP contribution >= 0.6 is 0 Å². The van der Waals surface area contributed by atoms with Crippen molar-refractivity contribution in [3.05, 3.63) is 47.5 Å². The van der Waals surface area contributed by atoms with Crippen LogP contribution in [0.1, 0.15) is 11.1 Å². The van der Waals surface area contributed by atoms with Crippen LogP contribution in [-0.2, 0) is 14.8 Å². The van der Waals surface area contributed by atoms with Gasteiger partial charge in [0.05, 0.1) is 4.90 Å². The molecule has 0 spiro atoms. The summed E-state index contributed by atoms with van der Waals surface area (Å²) in [4.78, 5) is 13.9. The molecular formula is C18H20N2O6S. The van der Waals surface area contributed by atoms with Crippen LogP contribution in [0, 0.1) is 13.8 Å². The first-order valence-corrected chi connectivity index (χ1v) is 9.74. The molecule has 0 atom stereocenters. The Labute approximate surface area is 157 Å². The second-order valence-electron chi connectivity index (χ2n) is 5.97. The molecule has 1 heterocycles. The van der Waals surface area contributed by atoms with Crippen molar-refractivity contribution < 1.29 is 27.4 Å². The zero-order chi connectivity index (χ0) is 19.4. The van der Waals surface area contributed by atoms with E-state index in [0.717, 1.165) is 11.1 Å². The van der Waals surface area contributed by atoms with Gasteiger partial charge < -0.3 is 14.2 Å². The molecule has 2 aromatic carbocycles. The van der Waals surface area contributed by atoms with Crippen molar-refractivity contribution in [3.63, 3.8) is 0 Å². The van der Waals surface area contributed by atoms with E-state index in [0.29, 0.717) is 30.5 Å². The second kappa shape index (κ2) is 7.85. The highest BCUT2D eigenvalue weighted by molar-refractivity contribution is 7.89. The van der Waals surface area contributed by atoms with Crippen LogP contribution in [0.2, 0.25) is 0 Å². The summed E-state index contributed by atoms with van der Waals surface area (Å²) in [6.45, 7) is 4.16. The molecule has 0 fully saturated rings. The Balaban J connectivity index is 1.59. The highest BCUT2D eigenvalue weighted by Crippen LogP contribution is 2.32. The van der Waals surface area contributed by atoms with Gasteiger partial charge in [0.1, 0.15) is 19.0 Å². The van der Waals surface area contributed by atoms with Crippen molar-refractivity contribution in [3.8, 4) is 17.2 Å². The summed E-state index contributed by atoms with van der Waals surface area (Å²) >= 11 is 0. The van der Waals surface area contributed by atoms with Gasteiger partial charge in [0.2, 0.25) is 0 Å². The lowest BCUT2D eigenvalue weighted by Crippen LogP contribution is -2.43. The second-order valence-corrected chi connectivity index (χ2v) is 7.65. The minimum atomic E-state index is -3.96. The zero-order valence-electron chi connectivity index (χ0n) is 14.9. The Morgan fingerprint density at radius 3 is 2.44 bits per heavy atom. The average Bonchev–Trinajstić information content (AvgIpc) is 2.65.